The van der Waals surface area contributed by atoms with Crippen LogP contribution in [0.1, 0.15) is 39.0 Å². The lowest BCUT2D eigenvalue weighted by atomic mass is 9.95. The molecule has 2 fully saturated rings. The average molecular weight is 339 g/mol. The molecule has 0 saturated carbocycles. The SMILES string of the molecule is CCCCN(C(=O)C1CCNCC1)C1CCS(=O)(=O)C1.Cl. The maximum Gasteiger partial charge on any atom is 0.226 e. The molecule has 1 N–H and O–H groups in total. The van der Waals surface area contributed by atoms with Crippen LogP contribution in [0.4, 0.5) is 0 Å². The van der Waals surface area contributed by atoms with E-state index in [0.29, 0.717) is 13.0 Å². The fourth-order valence-corrected chi connectivity index (χ4v) is 4.86. The summed E-state index contributed by atoms with van der Waals surface area (Å²) in [5.41, 5.74) is 0. The Bertz CT molecular complexity index is 436. The van der Waals surface area contributed by atoms with Gasteiger partial charge in [0, 0.05) is 18.5 Å². The maximum atomic E-state index is 12.7. The van der Waals surface area contributed by atoms with Crippen molar-refractivity contribution >= 4 is 28.2 Å². The van der Waals surface area contributed by atoms with Crippen LogP contribution < -0.4 is 5.32 Å². The van der Waals surface area contributed by atoms with Crippen LogP contribution in [-0.2, 0) is 14.6 Å². The number of nitrogens with one attached hydrogen (secondary N) is 1. The van der Waals surface area contributed by atoms with Gasteiger partial charge in [-0.1, -0.05) is 13.3 Å². The number of nitrogens with zero attached hydrogens (tertiary/aromatic N) is 1. The van der Waals surface area contributed by atoms with Crippen molar-refractivity contribution in [2.75, 3.05) is 31.1 Å². The molecule has 7 heteroatoms. The molecular formula is C14H27ClN2O3S. The van der Waals surface area contributed by atoms with E-state index in [1.807, 2.05) is 4.90 Å². The van der Waals surface area contributed by atoms with Crippen molar-refractivity contribution < 1.29 is 13.2 Å². The van der Waals surface area contributed by atoms with E-state index < -0.39 is 9.84 Å². The molecule has 2 aliphatic heterocycles. The van der Waals surface area contributed by atoms with E-state index in [2.05, 4.69) is 12.2 Å². The second kappa shape index (κ2) is 8.34. The van der Waals surface area contributed by atoms with Crippen LogP contribution in [0.5, 0.6) is 0 Å². The molecule has 124 valence electrons. The quantitative estimate of drug-likeness (QED) is 0.818. The van der Waals surface area contributed by atoms with E-state index in [9.17, 15) is 13.2 Å². The Morgan fingerprint density at radius 3 is 2.43 bits per heavy atom. The summed E-state index contributed by atoms with van der Waals surface area (Å²) in [4.78, 5) is 14.6. The lowest BCUT2D eigenvalue weighted by molar-refractivity contribution is -0.138. The number of carbonyl (C=O) groups excluding carboxylic acids is 1. The first-order chi connectivity index (χ1) is 9.53. The molecule has 0 aromatic carbocycles. The van der Waals surface area contributed by atoms with E-state index in [1.54, 1.807) is 0 Å². The van der Waals surface area contributed by atoms with Crippen LogP contribution >= 0.6 is 12.4 Å². The third-order valence-corrected chi connectivity index (χ3v) is 6.12. The predicted octanol–water partition coefficient (Wildman–Crippen LogP) is 1.22. The molecule has 2 saturated heterocycles. The number of unbranched alkanes of at least 4 members (excludes halogenated alkanes) is 1. The van der Waals surface area contributed by atoms with E-state index in [1.165, 1.54) is 0 Å². The standard InChI is InChI=1S/C14H26N2O3S.ClH/c1-2-3-9-16(13-6-10-20(18,19)11-13)14(17)12-4-7-15-8-5-12;/h12-13,15H,2-11H2,1H3;1H. The van der Waals surface area contributed by atoms with Gasteiger partial charge in [0.2, 0.25) is 5.91 Å². The summed E-state index contributed by atoms with van der Waals surface area (Å²) in [5.74, 6) is 0.659. The molecule has 2 rings (SSSR count). The second-order valence-electron chi connectivity index (χ2n) is 5.97. The van der Waals surface area contributed by atoms with Crippen LogP contribution in [0.15, 0.2) is 0 Å². The minimum atomic E-state index is -2.94. The number of piperidine rings is 1. The zero-order valence-corrected chi connectivity index (χ0v) is 14.3. The van der Waals surface area contributed by atoms with Crippen molar-refractivity contribution in [3.8, 4) is 0 Å². The smallest absolute Gasteiger partial charge is 0.226 e. The Hall–Kier alpha value is -0.330. The Morgan fingerprint density at radius 1 is 1.24 bits per heavy atom. The van der Waals surface area contributed by atoms with Crippen molar-refractivity contribution in [3.05, 3.63) is 0 Å². The van der Waals surface area contributed by atoms with Gasteiger partial charge in [-0.3, -0.25) is 4.79 Å². The van der Waals surface area contributed by atoms with Gasteiger partial charge >= 0.3 is 0 Å². The largest absolute Gasteiger partial charge is 0.338 e. The van der Waals surface area contributed by atoms with Gasteiger partial charge in [-0.15, -0.1) is 12.4 Å². The molecule has 5 nitrogen and oxygen atoms in total. The van der Waals surface area contributed by atoms with Crippen LogP contribution in [0.3, 0.4) is 0 Å². The number of halogens is 1. The fraction of sp³-hybridized carbons (Fsp3) is 0.929. The Kier molecular flexibility index (Phi) is 7.44. The molecule has 0 radical (unpaired) electrons. The van der Waals surface area contributed by atoms with Crippen molar-refractivity contribution in [1.82, 2.24) is 10.2 Å². The van der Waals surface area contributed by atoms with Gasteiger partial charge in [-0.25, -0.2) is 8.42 Å². The van der Waals surface area contributed by atoms with E-state index in [-0.39, 0.29) is 41.8 Å². The van der Waals surface area contributed by atoms with Crippen LogP contribution in [0.2, 0.25) is 0 Å². The van der Waals surface area contributed by atoms with Crippen LogP contribution in [0.25, 0.3) is 0 Å². The lowest BCUT2D eigenvalue weighted by Gasteiger charge is -2.33. The normalized spacial score (nSPS) is 25.3. The van der Waals surface area contributed by atoms with Crippen molar-refractivity contribution in [2.24, 2.45) is 5.92 Å². The zero-order valence-electron chi connectivity index (χ0n) is 12.7. The first-order valence-corrected chi connectivity index (χ1v) is 9.57. The van der Waals surface area contributed by atoms with Gasteiger partial charge < -0.3 is 10.2 Å². The topological polar surface area (TPSA) is 66.5 Å². The van der Waals surface area contributed by atoms with Gasteiger partial charge in [0.1, 0.15) is 0 Å². The van der Waals surface area contributed by atoms with Crippen LogP contribution in [0, 0.1) is 5.92 Å². The minimum Gasteiger partial charge on any atom is -0.338 e. The maximum absolute atomic E-state index is 12.7. The van der Waals surface area contributed by atoms with Crippen LogP contribution in [-0.4, -0.2) is 56.4 Å². The molecule has 0 aromatic heterocycles. The minimum absolute atomic E-state index is 0. The summed E-state index contributed by atoms with van der Waals surface area (Å²) in [7, 11) is -2.94. The summed E-state index contributed by atoms with van der Waals surface area (Å²) in [5, 5.41) is 3.27. The fourth-order valence-electron chi connectivity index (χ4n) is 3.13. The number of sulfone groups is 1. The molecular weight excluding hydrogens is 312 g/mol. The molecule has 21 heavy (non-hydrogen) atoms. The van der Waals surface area contributed by atoms with Crippen molar-refractivity contribution in [2.45, 2.75) is 45.1 Å². The highest BCUT2D eigenvalue weighted by atomic mass is 35.5. The third kappa shape index (κ3) is 5.11. The highest BCUT2D eigenvalue weighted by molar-refractivity contribution is 7.91. The summed E-state index contributed by atoms with van der Waals surface area (Å²) in [6.45, 7) is 4.58. The number of hydrogen-bond donors (Lipinski definition) is 1. The lowest BCUT2D eigenvalue weighted by Crippen LogP contribution is -2.47. The number of hydrogen-bond acceptors (Lipinski definition) is 4. The highest BCUT2D eigenvalue weighted by Gasteiger charge is 2.36. The Labute approximate surface area is 134 Å². The summed E-state index contributed by atoms with van der Waals surface area (Å²) in [6.07, 6.45) is 4.34. The molecule has 2 heterocycles. The molecule has 0 aliphatic carbocycles. The molecule has 1 amide bonds. The first-order valence-electron chi connectivity index (χ1n) is 7.75. The average Bonchev–Trinajstić information content (AvgIpc) is 2.80. The summed E-state index contributed by atoms with van der Waals surface area (Å²) >= 11 is 0. The number of rotatable bonds is 5. The van der Waals surface area contributed by atoms with Gasteiger partial charge in [0.05, 0.1) is 11.5 Å². The molecule has 2 aliphatic rings. The summed E-state index contributed by atoms with van der Waals surface area (Å²) in [6, 6.07) is -0.0889. The monoisotopic (exact) mass is 338 g/mol. The highest BCUT2D eigenvalue weighted by Crippen LogP contribution is 2.23. The predicted molar refractivity (Wildman–Crippen MR) is 86.5 cm³/mol. The van der Waals surface area contributed by atoms with Gasteiger partial charge in [-0.05, 0) is 38.8 Å². The van der Waals surface area contributed by atoms with Gasteiger partial charge in [-0.2, -0.15) is 0 Å². The molecule has 1 unspecified atom stereocenters. The Balaban J connectivity index is 0.00000220. The second-order valence-corrected chi connectivity index (χ2v) is 8.20. The molecule has 0 bridgehead atoms. The van der Waals surface area contributed by atoms with E-state index in [0.717, 1.165) is 38.8 Å². The van der Waals surface area contributed by atoms with Crippen molar-refractivity contribution in [1.29, 1.82) is 0 Å². The zero-order chi connectivity index (χ0) is 14.6. The molecule has 0 spiro atoms. The van der Waals surface area contributed by atoms with Gasteiger partial charge in [0.15, 0.2) is 9.84 Å². The first kappa shape index (κ1) is 18.7. The summed E-state index contributed by atoms with van der Waals surface area (Å²) < 4.78 is 23.3. The van der Waals surface area contributed by atoms with Gasteiger partial charge in [0.25, 0.3) is 0 Å². The van der Waals surface area contributed by atoms with E-state index >= 15 is 0 Å². The van der Waals surface area contributed by atoms with Crippen molar-refractivity contribution in [3.63, 3.8) is 0 Å². The number of carbonyl (C=O) groups is 1. The number of amides is 1. The third-order valence-electron chi connectivity index (χ3n) is 4.37. The van der Waals surface area contributed by atoms with E-state index in [4.69, 9.17) is 0 Å². The molecule has 0 aromatic rings. The molecule has 1 atom stereocenters. The Morgan fingerprint density at radius 2 is 1.90 bits per heavy atom.